The molecule has 0 radical (unpaired) electrons. The molecule has 2 saturated carbocycles. The number of aliphatic imine (C=N–C) groups is 1. The number of amides is 1. The predicted molar refractivity (Wildman–Crippen MR) is 220 cm³/mol. The van der Waals surface area contributed by atoms with Crippen molar-refractivity contribution in [3.05, 3.63) is 137 Å². The summed E-state index contributed by atoms with van der Waals surface area (Å²) in [5, 5.41) is 0. The molecule has 0 spiro atoms. The van der Waals surface area contributed by atoms with Gasteiger partial charge < -0.3 is 24.8 Å². The lowest BCUT2D eigenvalue weighted by Crippen LogP contribution is -2.50. The number of ether oxygens (including phenoxy) is 3. The molecule has 3 aliphatic rings. The number of fused-ring (bicyclic) bond motifs is 1. The van der Waals surface area contributed by atoms with E-state index in [1.54, 1.807) is 19.1 Å². The third-order valence-electron chi connectivity index (χ3n) is 12.5. The summed E-state index contributed by atoms with van der Waals surface area (Å²) in [7, 11) is 3.22. The van der Waals surface area contributed by atoms with E-state index in [9.17, 15) is 22.8 Å². The molecule has 2 fully saturated rings. The number of pyridine rings is 1. The summed E-state index contributed by atoms with van der Waals surface area (Å²) in [5.74, 6) is -0.276. The van der Waals surface area contributed by atoms with E-state index in [0.29, 0.717) is 49.9 Å². The minimum atomic E-state index is -4.45. The van der Waals surface area contributed by atoms with Crippen LogP contribution < -0.4 is 5.73 Å². The second-order valence-corrected chi connectivity index (χ2v) is 16.0. The van der Waals surface area contributed by atoms with Gasteiger partial charge in [-0.2, -0.15) is 13.2 Å². The molecule has 0 bridgehead atoms. The van der Waals surface area contributed by atoms with Gasteiger partial charge in [-0.15, -0.1) is 0 Å². The lowest BCUT2D eigenvalue weighted by molar-refractivity contribution is -0.165. The molecule has 2 N–H and O–H groups in total. The zero-order chi connectivity index (χ0) is 42.2. The van der Waals surface area contributed by atoms with E-state index in [-0.39, 0.29) is 49.3 Å². The Labute approximate surface area is 345 Å². The number of nitrogens with two attached hydrogens (primary N) is 1. The van der Waals surface area contributed by atoms with E-state index in [1.807, 2.05) is 80.6 Å². The zero-order valence-corrected chi connectivity index (χ0v) is 34.3. The number of esters is 1. The maximum absolute atomic E-state index is 13.4. The molecule has 3 aromatic carbocycles. The van der Waals surface area contributed by atoms with Gasteiger partial charge in [-0.1, -0.05) is 91.0 Å². The van der Waals surface area contributed by atoms with E-state index in [1.165, 1.54) is 0 Å². The molecule has 1 aromatic heterocycles. The quantitative estimate of drug-likeness (QED) is 0.120. The molecule has 2 aliphatic carbocycles. The number of halogens is 3. The van der Waals surface area contributed by atoms with Crippen LogP contribution in [0.1, 0.15) is 85.9 Å². The maximum atomic E-state index is 13.4. The first-order valence-electron chi connectivity index (χ1n) is 20.3. The summed E-state index contributed by atoms with van der Waals surface area (Å²) in [6, 6.07) is 31.3. The van der Waals surface area contributed by atoms with E-state index < -0.39 is 22.6 Å². The first-order chi connectivity index (χ1) is 28.3. The Morgan fingerprint density at radius 1 is 0.864 bits per heavy atom. The largest absolute Gasteiger partial charge is 0.460 e. The lowest BCUT2D eigenvalue weighted by Gasteiger charge is -2.39. The number of alkyl halides is 3. The molecule has 0 saturated heterocycles. The van der Waals surface area contributed by atoms with Crippen molar-refractivity contribution in [1.29, 1.82) is 0 Å². The van der Waals surface area contributed by atoms with Crippen LogP contribution in [0.4, 0.5) is 13.2 Å². The number of carbonyl (C=O) groups excluding carboxylic acids is 2. The van der Waals surface area contributed by atoms with Crippen molar-refractivity contribution >= 4 is 17.6 Å². The zero-order valence-electron chi connectivity index (χ0n) is 34.3. The molecule has 2 heterocycles. The molecule has 1 aliphatic heterocycles. The molecule has 1 amide bonds. The van der Waals surface area contributed by atoms with Crippen molar-refractivity contribution < 1.29 is 37.0 Å². The van der Waals surface area contributed by atoms with Crippen LogP contribution in [0, 0.1) is 10.8 Å². The molecule has 9 nitrogen and oxygen atoms in total. The highest BCUT2D eigenvalue weighted by atomic mass is 19.4. The summed E-state index contributed by atoms with van der Waals surface area (Å²) in [6.07, 6.45) is 0.335. The van der Waals surface area contributed by atoms with Crippen LogP contribution >= 0.6 is 0 Å². The number of rotatable bonds is 11. The lowest BCUT2D eigenvalue weighted by atomic mass is 9.78. The van der Waals surface area contributed by atoms with Gasteiger partial charge in [-0.3, -0.25) is 19.6 Å². The fourth-order valence-electron chi connectivity index (χ4n) is 8.81. The minimum Gasteiger partial charge on any atom is -0.460 e. The molecule has 314 valence electrons. The molecule has 6 atom stereocenters. The molecule has 59 heavy (non-hydrogen) atoms. The SMILES string of the molecule is COC(C)[C@]1(C(=O)N2CCc3ncc(C(F)(F)F)cc3C2)CC[C@@H](N)C1.COC(C)[C@]1(C(=O)OCc2ccccc2)CC[C@@H](N=C(c2ccccc2)c2ccccc2)C1. The Kier molecular flexibility index (Phi) is 14.1. The molecule has 7 rings (SSSR count). The van der Waals surface area contributed by atoms with Crippen LogP contribution in [-0.4, -0.2) is 72.5 Å². The molecular formula is C47H55F3N4O5. The van der Waals surface area contributed by atoms with Gasteiger partial charge in [0.15, 0.2) is 0 Å². The first-order valence-corrected chi connectivity index (χ1v) is 20.3. The van der Waals surface area contributed by atoms with Crippen LogP contribution in [0.5, 0.6) is 0 Å². The number of benzene rings is 3. The fraction of sp³-hybridized carbons (Fsp3) is 0.447. The number of aromatic nitrogens is 1. The summed E-state index contributed by atoms with van der Waals surface area (Å²) >= 11 is 0. The summed E-state index contributed by atoms with van der Waals surface area (Å²) in [4.78, 5) is 37.4. The average molecular weight is 813 g/mol. The van der Waals surface area contributed by atoms with Gasteiger partial charge in [0.05, 0.1) is 40.4 Å². The molecule has 2 unspecified atom stereocenters. The normalized spacial score (nSPS) is 23.6. The van der Waals surface area contributed by atoms with Gasteiger partial charge >= 0.3 is 12.1 Å². The van der Waals surface area contributed by atoms with Crippen LogP contribution in [0.3, 0.4) is 0 Å². The minimum absolute atomic E-state index is 0.0160. The van der Waals surface area contributed by atoms with Gasteiger partial charge in [-0.05, 0) is 69.6 Å². The maximum Gasteiger partial charge on any atom is 0.417 e. The summed E-state index contributed by atoms with van der Waals surface area (Å²) < 4.78 is 55.8. The fourth-order valence-corrected chi connectivity index (χ4v) is 8.81. The Morgan fingerprint density at radius 3 is 2.00 bits per heavy atom. The Hall–Kier alpha value is -4.91. The van der Waals surface area contributed by atoms with Crippen LogP contribution in [0.15, 0.2) is 108 Å². The highest BCUT2D eigenvalue weighted by Gasteiger charge is 2.52. The third kappa shape index (κ3) is 9.94. The third-order valence-corrected chi connectivity index (χ3v) is 12.5. The van der Waals surface area contributed by atoms with Crippen molar-refractivity contribution in [3.63, 3.8) is 0 Å². The van der Waals surface area contributed by atoms with Crippen molar-refractivity contribution in [1.82, 2.24) is 9.88 Å². The highest BCUT2D eigenvalue weighted by molar-refractivity contribution is 6.13. The van der Waals surface area contributed by atoms with Crippen LogP contribution in [0.25, 0.3) is 0 Å². The number of carbonyl (C=O) groups is 2. The number of hydrogen-bond acceptors (Lipinski definition) is 8. The van der Waals surface area contributed by atoms with Crippen molar-refractivity contribution in [2.75, 3.05) is 20.8 Å². The van der Waals surface area contributed by atoms with Gasteiger partial charge in [0.1, 0.15) is 6.61 Å². The Balaban J connectivity index is 0.000000204. The molecule has 4 aromatic rings. The van der Waals surface area contributed by atoms with Crippen molar-refractivity contribution in [2.24, 2.45) is 21.6 Å². The van der Waals surface area contributed by atoms with Crippen LogP contribution in [-0.2, 0) is 49.5 Å². The summed E-state index contributed by atoms with van der Waals surface area (Å²) in [6.45, 7) is 4.67. The van der Waals surface area contributed by atoms with E-state index >= 15 is 0 Å². The number of methoxy groups -OCH3 is 2. The second kappa shape index (κ2) is 19.0. The number of nitrogens with zero attached hydrogens (tertiary/aromatic N) is 3. The number of hydrogen-bond donors (Lipinski definition) is 1. The molecule has 12 heteroatoms. The van der Waals surface area contributed by atoms with E-state index in [2.05, 4.69) is 29.2 Å². The van der Waals surface area contributed by atoms with Gasteiger partial charge in [0.2, 0.25) is 5.91 Å². The van der Waals surface area contributed by atoms with Gasteiger partial charge in [-0.25, -0.2) is 0 Å². The predicted octanol–water partition coefficient (Wildman–Crippen LogP) is 8.36. The van der Waals surface area contributed by atoms with E-state index in [4.69, 9.17) is 24.9 Å². The average Bonchev–Trinajstić information content (AvgIpc) is 3.89. The first kappa shape index (κ1) is 43.7. The molecular weight excluding hydrogens is 758 g/mol. The van der Waals surface area contributed by atoms with E-state index in [0.717, 1.165) is 47.5 Å². The Bertz CT molecular complexity index is 2010. The standard InChI is InChI=1S/C29H31NO3.C18H24F3N3O2/c1-22(32-2)29(28(31)33-21-23-12-6-3-7-13-23)19-18-26(20-29)30-27(24-14-8-4-9-15-24)25-16-10-5-11-17-25;1-11(26-2)17(5-3-14(22)8-17)16(25)24-6-4-15-12(10-24)7-13(9-23-15)18(19,20)21/h3-17,22,26H,18-21H2,1-2H3;7,9,11,14H,3-6,8,10,22H2,1-2H3/t22?,26-,29+;11?,14-,17+/m11/s1. The second-order valence-electron chi connectivity index (χ2n) is 16.0. The Morgan fingerprint density at radius 2 is 1.44 bits per heavy atom. The van der Waals surface area contributed by atoms with Gasteiger partial charge in [0, 0.05) is 62.8 Å². The topological polar surface area (TPSA) is 116 Å². The smallest absolute Gasteiger partial charge is 0.417 e. The van der Waals surface area contributed by atoms with Crippen LogP contribution in [0.2, 0.25) is 0 Å². The van der Waals surface area contributed by atoms with Crippen molar-refractivity contribution in [3.8, 4) is 0 Å². The monoisotopic (exact) mass is 812 g/mol. The van der Waals surface area contributed by atoms with Gasteiger partial charge in [0.25, 0.3) is 0 Å². The highest BCUT2D eigenvalue weighted by Crippen LogP contribution is 2.46. The summed E-state index contributed by atoms with van der Waals surface area (Å²) in [5.41, 5.74) is 9.04. The van der Waals surface area contributed by atoms with Crippen molar-refractivity contribution in [2.45, 2.75) is 102 Å².